The van der Waals surface area contributed by atoms with Crippen molar-refractivity contribution in [2.24, 2.45) is 0 Å². The lowest BCUT2D eigenvalue weighted by molar-refractivity contribution is -0.121. The van der Waals surface area contributed by atoms with E-state index in [1.54, 1.807) is 0 Å². The van der Waals surface area contributed by atoms with Crippen molar-refractivity contribution in [2.45, 2.75) is 0 Å². The first-order valence-corrected chi connectivity index (χ1v) is 7.85. The van der Waals surface area contributed by atoms with E-state index in [9.17, 15) is 17.6 Å². The number of anilines is 2. The molecule has 0 spiro atoms. The number of benzene rings is 1. The van der Waals surface area contributed by atoms with Gasteiger partial charge in [0.15, 0.2) is 0 Å². The molecule has 0 aromatic heterocycles. The van der Waals surface area contributed by atoms with Gasteiger partial charge in [-0.1, -0.05) is 0 Å². The normalized spacial score (nSPS) is 11.2. The molecule has 1 aromatic carbocycles. The van der Waals surface area contributed by atoms with E-state index in [0.29, 0.717) is 6.61 Å². The van der Waals surface area contributed by atoms with Gasteiger partial charge in [-0.3, -0.25) is 9.52 Å². The second kappa shape index (κ2) is 7.91. The first kappa shape index (κ1) is 17.3. The van der Waals surface area contributed by atoms with Gasteiger partial charge in [-0.2, -0.15) is 0 Å². The lowest BCUT2D eigenvalue weighted by Crippen LogP contribution is -2.20. The molecule has 0 unspecified atom stereocenters. The van der Waals surface area contributed by atoms with Crippen molar-refractivity contribution in [3.8, 4) is 0 Å². The van der Waals surface area contributed by atoms with Crippen molar-refractivity contribution in [1.82, 2.24) is 0 Å². The van der Waals surface area contributed by atoms with Crippen LogP contribution in [0, 0.1) is 5.82 Å². The maximum absolute atomic E-state index is 13.4. The quantitative estimate of drug-likeness (QED) is 0.691. The van der Waals surface area contributed by atoms with E-state index in [-0.39, 0.29) is 24.6 Å². The maximum atomic E-state index is 13.4. The van der Waals surface area contributed by atoms with Crippen LogP contribution < -0.4 is 10.0 Å². The van der Waals surface area contributed by atoms with Crippen molar-refractivity contribution < 1.29 is 27.1 Å². The Hall–Kier alpha value is -1.71. The summed E-state index contributed by atoms with van der Waals surface area (Å²) in [7, 11) is -2.09. The summed E-state index contributed by atoms with van der Waals surface area (Å²) < 4.78 is 47.4. The monoisotopic (exact) mass is 320 g/mol. The van der Waals surface area contributed by atoms with Crippen molar-refractivity contribution in [2.75, 3.05) is 43.2 Å². The van der Waals surface area contributed by atoms with Gasteiger partial charge in [-0.15, -0.1) is 0 Å². The van der Waals surface area contributed by atoms with E-state index in [0.717, 1.165) is 12.3 Å². The molecule has 118 valence electrons. The third-order valence-corrected chi connectivity index (χ3v) is 2.80. The lowest BCUT2D eigenvalue weighted by Gasteiger charge is -2.09. The fraction of sp³-hybridized carbons (Fsp3) is 0.417. The van der Waals surface area contributed by atoms with E-state index < -0.39 is 21.7 Å². The van der Waals surface area contributed by atoms with Crippen molar-refractivity contribution in [3.63, 3.8) is 0 Å². The highest BCUT2D eigenvalue weighted by Crippen LogP contribution is 2.20. The highest BCUT2D eigenvalue weighted by Gasteiger charge is 2.10. The van der Waals surface area contributed by atoms with Gasteiger partial charge in [0, 0.05) is 12.8 Å². The number of hydrogen-bond acceptors (Lipinski definition) is 5. The minimum atomic E-state index is -3.61. The summed E-state index contributed by atoms with van der Waals surface area (Å²) >= 11 is 0. The standard InChI is InChI=1S/C12H17FN2O5S/c1-19-5-6-20-8-12(16)14-9-3-4-10(13)11(7-9)15-21(2,17)18/h3-4,7,15H,5-6,8H2,1-2H3,(H,14,16). The maximum Gasteiger partial charge on any atom is 0.250 e. The first-order chi connectivity index (χ1) is 9.81. The van der Waals surface area contributed by atoms with Crippen molar-refractivity contribution in [3.05, 3.63) is 24.0 Å². The Labute approximate surface area is 122 Å². The zero-order chi connectivity index (χ0) is 15.9. The molecule has 0 aliphatic heterocycles. The van der Waals surface area contributed by atoms with Crippen LogP contribution in [0.4, 0.5) is 15.8 Å². The number of hydrogen-bond donors (Lipinski definition) is 2. The summed E-state index contributed by atoms with van der Waals surface area (Å²) in [5.41, 5.74) is 0.0125. The van der Waals surface area contributed by atoms with Crippen LogP contribution in [-0.2, 0) is 24.3 Å². The van der Waals surface area contributed by atoms with Gasteiger partial charge in [0.05, 0.1) is 25.2 Å². The molecule has 21 heavy (non-hydrogen) atoms. The predicted octanol–water partition coefficient (Wildman–Crippen LogP) is 0.799. The van der Waals surface area contributed by atoms with Crippen LogP contribution in [0.5, 0.6) is 0 Å². The number of nitrogens with one attached hydrogen (secondary N) is 2. The molecular weight excluding hydrogens is 303 g/mol. The van der Waals surface area contributed by atoms with Gasteiger partial charge < -0.3 is 14.8 Å². The third kappa shape index (κ3) is 7.02. The number of sulfonamides is 1. The van der Waals surface area contributed by atoms with Gasteiger partial charge in [0.1, 0.15) is 12.4 Å². The number of carbonyl (C=O) groups excluding carboxylic acids is 1. The Morgan fingerprint density at radius 1 is 1.33 bits per heavy atom. The van der Waals surface area contributed by atoms with Crippen molar-refractivity contribution >= 4 is 27.3 Å². The zero-order valence-electron chi connectivity index (χ0n) is 11.7. The summed E-state index contributed by atoms with van der Waals surface area (Å²) in [5, 5.41) is 2.47. The summed E-state index contributed by atoms with van der Waals surface area (Å²) in [4.78, 5) is 11.5. The highest BCUT2D eigenvalue weighted by molar-refractivity contribution is 7.92. The highest BCUT2D eigenvalue weighted by atomic mass is 32.2. The Balaban J connectivity index is 2.63. The second-order valence-electron chi connectivity index (χ2n) is 4.16. The molecule has 0 aliphatic carbocycles. The number of halogens is 1. The van der Waals surface area contributed by atoms with Crippen LogP contribution in [0.3, 0.4) is 0 Å². The average molecular weight is 320 g/mol. The van der Waals surface area contributed by atoms with Crippen LogP contribution in [0.25, 0.3) is 0 Å². The van der Waals surface area contributed by atoms with Crippen LogP contribution in [0.15, 0.2) is 18.2 Å². The SMILES string of the molecule is COCCOCC(=O)Nc1ccc(F)c(NS(C)(=O)=O)c1. The molecule has 0 bridgehead atoms. The Morgan fingerprint density at radius 2 is 2.05 bits per heavy atom. The molecule has 7 nitrogen and oxygen atoms in total. The zero-order valence-corrected chi connectivity index (χ0v) is 12.5. The molecular formula is C12H17FN2O5S. The second-order valence-corrected chi connectivity index (χ2v) is 5.91. The molecule has 0 radical (unpaired) electrons. The van der Waals surface area contributed by atoms with E-state index in [4.69, 9.17) is 9.47 Å². The Bertz CT molecular complexity index is 591. The molecule has 0 aliphatic rings. The molecule has 1 rings (SSSR count). The third-order valence-electron chi connectivity index (χ3n) is 2.21. The fourth-order valence-electron chi connectivity index (χ4n) is 1.39. The Morgan fingerprint density at radius 3 is 2.67 bits per heavy atom. The lowest BCUT2D eigenvalue weighted by atomic mass is 10.2. The number of rotatable bonds is 8. The van der Waals surface area contributed by atoms with E-state index in [2.05, 4.69) is 5.32 Å². The Kier molecular flexibility index (Phi) is 6.53. The van der Waals surface area contributed by atoms with Crippen LogP contribution in [0.1, 0.15) is 0 Å². The number of carbonyl (C=O) groups is 1. The van der Waals surface area contributed by atoms with Gasteiger partial charge in [0.25, 0.3) is 0 Å². The molecule has 1 amide bonds. The van der Waals surface area contributed by atoms with E-state index >= 15 is 0 Å². The van der Waals surface area contributed by atoms with Gasteiger partial charge in [0.2, 0.25) is 15.9 Å². The molecule has 0 fully saturated rings. The predicted molar refractivity (Wildman–Crippen MR) is 76.2 cm³/mol. The number of ether oxygens (including phenoxy) is 2. The molecule has 0 saturated carbocycles. The number of amides is 1. The first-order valence-electron chi connectivity index (χ1n) is 5.95. The van der Waals surface area contributed by atoms with Crippen molar-refractivity contribution in [1.29, 1.82) is 0 Å². The van der Waals surface area contributed by atoms with Gasteiger partial charge >= 0.3 is 0 Å². The van der Waals surface area contributed by atoms with Crippen LogP contribution >= 0.6 is 0 Å². The van der Waals surface area contributed by atoms with Gasteiger partial charge in [-0.25, -0.2) is 12.8 Å². The minimum absolute atomic E-state index is 0.185. The summed E-state index contributed by atoms with van der Waals surface area (Å²) in [6.45, 7) is 0.454. The summed E-state index contributed by atoms with van der Waals surface area (Å²) in [6, 6.07) is 3.55. The van der Waals surface area contributed by atoms with E-state index in [1.165, 1.54) is 19.2 Å². The molecule has 0 atom stereocenters. The fourth-order valence-corrected chi connectivity index (χ4v) is 1.94. The molecule has 0 saturated heterocycles. The summed E-state index contributed by atoms with van der Waals surface area (Å²) in [5.74, 6) is -1.18. The summed E-state index contributed by atoms with van der Waals surface area (Å²) in [6.07, 6.45) is 0.904. The van der Waals surface area contributed by atoms with Crippen LogP contribution in [-0.4, -0.2) is 47.5 Å². The average Bonchev–Trinajstić information content (AvgIpc) is 2.37. The number of methoxy groups -OCH3 is 1. The topological polar surface area (TPSA) is 93.7 Å². The largest absolute Gasteiger partial charge is 0.382 e. The molecule has 2 N–H and O–H groups in total. The van der Waals surface area contributed by atoms with Crippen LogP contribution in [0.2, 0.25) is 0 Å². The molecule has 1 aromatic rings. The molecule has 0 heterocycles. The van der Waals surface area contributed by atoms with E-state index in [1.807, 2.05) is 4.72 Å². The minimum Gasteiger partial charge on any atom is -0.382 e. The van der Waals surface area contributed by atoms with Gasteiger partial charge in [-0.05, 0) is 18.2 Å². The molecule has 9 heteroatoms. The smallest absolute Gasteiger partial charge is 0.250 e.